The molecule has 0 bridgehead atoms. The lowest BCUT2D eigenvalue weighted by Gasteiger charge is -2.35. The lowest BCUT2D eigenvalue weighted by Crippen LogP contribution is -2.48. The van der Waals surface area contributed by atoms with E-state index < -0.39 is 6.10 Å². The molecule has 0 aliphatic carbocycles. The van der Waals surface area contributed by atoms with E-state index in [4.69, 9.17) is 4.74 Å². The first kappa shape index (κ1) is 21.8. The number of hydrogen-bond acceptors (Lipinski definition) is 4. The van der Waals surface area contributed by atoms with Gasteiger partial charge in [0.15, 0.2) is 0 Å². The van der Waals surface area contributed by atoms with Crippen LogP contribution >= 0.6 is 0 Å². The van der Waals surface area contributed by atoms with Crippen LogP contribution in [0.4, 0.5) is 0 Å². The number of aliphatic hydroxyl groups excluding tert-OH is 1. The first-order valence-corrected chi connectivity index (χ1v) is 10.7. The third-order valence-electron chi connectivity index (χ3n) is 5.56. The summed E-state index contributed by atoms with van der Waals surface area (Å²) in [7, 11) is 0. The fourth-order valence-electron chi connectivity index (χ4n) is 3.86. The van der Waals surface area contributed by atoms with E-state index in [1.54, 1.807) is 0 Å². The highest BCUT2D eigenvalue weighted by Crippen LogP contribution is 2.32. The second-order valence-electron chi connectivity index (χ2n) is 9.28. The zero-order chi connectivity index (χ0) is 20.9. The van der Waals surface area contributed by atoms with E-state index in [1.165, 1.54) is 16.7 Å². The fourth-order valence-corrected chi connectivity index (χ4v) is 3.86. The van der Waals surface area contributed by atoms with E-state index in [0.29, 0.717) is 13.2 Å². The van der Waals surface area contributed by atoms with Gasteiger partial charge in [-0.1, -0.05) is 68.8 Å². The number of piperazine rings is 1. The summed E-state index contributed by atoms with van der Waals surface area (Å²) in [5.74, 6) is 0.884. The van der Waals surface area contributed by atoms with Crippen LogP contribution in [0.15, 0.2) is 48.5 Å². The Kier molecular flexibility index (Phi) is 7.33. The summed E-state index contributed by atoms with van der Waals surface area (Å²) in [6, 6.07) is 16.9. The van der Waals surface area contributed by atoms with Crippen molar-refractivity contribution in [1.82, 2.24) is 9.80 Å². The Morgan fingerprint density at radius 3 is 2.28 bits per heavy atom. The van der Waals surface area contributed by atoms with Crippen LogP contribution in [-0.4, -0.2) is 60.3 Å². The van der Waals surface area contributed by atoms with Crippen molar-refractivity contribution in [3.8, 4) is 5.75 Å². The summed E-state index contributed by atoms with van der Waals surface area (Å²) in [6.07, 6.45) is -0.482. The van der Waals surface area contributed by atoms with Crippen molar-refractivity contribution in [2.24, 2.45) is 0 Å². The van der Waals surface area contributed by atoms with Crippen LogP contribution in [0.25, 0.3) is 0 Å². The van der Waals surface area contributed by atoms with Crippen LogP contribution in [0, 0.1) is 6.92 Å². The average molecular weight is 397 g/mol. The summed E-state index contributed by atoms with van der Waals surface area (Å²) in [5.41, 5.74) is 3.80. The van der Waals surface area contributed by atoms with E-state index in [0.717, 1.165) is 38.5 Å². The molecule has 4 heteroatoms. The van der Waals surface area contributed by atoms with E-state index >= 15 is 0 Å². The Morgan fingerprint density at radius 2 is 1.62 bits per heavy atom. The Labute approximate surface area is 176 Å². The summed E-state index contributed by atoms with van der Waals surface area (Å²) in [4.78, 5) is 4.83. The van der Waals surface area contributed by atoms with Crippen LogP contribution in [0.5, 0.6) is 5.75 Å². The smallest absolute Gasteiger partial charge is 0.123 e. The Bertz CT molecular complexity index is 762. The van der Waals surface area contributed by atoms with Crippen LogP contribution < -0.4 is 4.74 Å². The molecule has 1 aliphatic heterocycles. The minimum atomic E-state index is -0.482. The highest BCUT2D eigenvalue weighted by Gasteiger charge is 2.22. The number of benzene rings is 2. The maximum Gasteiger partial charge on any atom is 0.123 e. The lowest BCUT2D eigenvalue weighted by atomic mass is 9.85. The number of ether oxygens (including phenoxy) is 1. The van der Waals surface area contributed by atoms with Gasteiger partial charge in [0.05, 0.1) is 0 Å². The van der Waals surface area contributed by atoms with Gasteiger partial charge < -0.3 is 9.84 Å². The van der Waals surface area contributed by atoms with Gasteiger partial charge >= 0.3 is 0 Å². The molecule has 0 spiro atoms. The molecule has 1 heterocycles. The molecule has 0 saturated carbocycles. The molecule has 1 aliphatic rings. The Morgan fingerprint density at radius 1 is 0.966 bits per heavy atom. The van der Waals surface area contributed by atoms with E-state index in [2.05, 4.69) is 80.0 Å². The van der Waals surface area contributed by atoms with E-state index in [9.17, 15) is 5.11 Å². The predicted octanol–water partition coefficient (Wildman–Crippen LogP) is 3.85. The third kappa shape index (κ3) is 6.56. The van der Waals surface area contributed by atoms with Crippen LogP contribution in [-0.2, 0) is 12.0 Å². The van der Waals surface area contributed by atoms with E-state index in [1.807, 2.05) is 6.07 Å². The predicted molar refractivity (Wildman–Crippen MR) is 120 cm³/mol. The van der Waals surface area contributed by atoms with Crippen LogP contribution in [0.2, 0.25) is 0 Å². The van der Waals surface area contributed by atoms with Gasteiger partial charge in [-0.15, -0.1) is 0 Å². The molecule has 158 valence electrons. The maximum atomic E-state index is 10.5. The molecule has 1 N–H and O–H groups in total. The molecular weight excluding hydrogens is 360 g/mol. The summed E-state index contributed by atoms with van der Waals surface area (Å²) in [5, 5.41) is 10.5. The molecule has 2 aromatic rings. The number of hydrogen-bond donors (Lipinski definition) is 1. The zero-order valence-corrected chi connectivity index (χ0v) is 18.4. The van der Waals surface area contributed by atoms with E-state index in [-0.39, 0.29) is 5.41 Å². The van der Waals surface area contributed by atoms with Crippen molar-refractivity contribution in [3.63, 3.8) is 0 Å². The van der Waals surface area contributed by atoms with Gasteiger partial charge in [0.1, 0.15) is 18.5 Å². The number of nitrogens with zero attached hydrogens (tertiary/aromatic N) is 2. The first-order valence-electron chi connectivity index (χ1n) is 10.7. The number of rotatable bonds is 7. The molecule has 0 radical (unpaired) electrons. The van der Waals surface area contributed by atoms with Crippen molar-refractivity contribution in [3.05, 3.63) is 65.2 Å². The standard InChI is InChI=1S/C25H36N2O2/c1-20-10-11-24(23(16-20)25(2,3)4)29-19-22(28)18-27-14-12-26(13-15-27)17-21-8-6-5-7-9-21/h5-11,16,22,28H,12-15,17-19H2,1-4H3. The second kappa shape index (κ2) is 9.75. The molecule has 3 rings (SSSR count). The average Bonchev–Trinajstić information content (AvgIpc) is 2.68. The van der Waals surface area contributed by atoms with Crippen molar-refractivity contribution in [1.29, 1.82) is 0 Å². The minimum Gasteiger partial charge on any atom is -0.491 e. The zero-order valence-electron chi connectivity index (χ0n) is 18.4. The fraction of sp³-hybridized carbons (Fsp3) is 0.520. The molecule has 0 aromatic heterocycles. The van der Waals surface area contributed by atoms with Gasteiger partial charge in [-0.25, -0.2) is 0 Å². The molecule has 1 atom stereocenters. The third-order valence-corrected chi connectivity index (χ3v) is 5.56. The molecule has 1 unspecified atom stereocenters. The van der Waals surface area contributed by atoms with Gasteiger partial charge in [-0.2, -0.15) is 0 Å². The number of aliphatic hydroxyl groups is 1. The van der Waals surface area contributed by atoms with Crippen LogP contribution in [0.3, 0.4) is 0 Å². The van der Waals surface area contributed by atoms with Crippen molar-refractivity contribution >= 4 is 0 Å². The van der Waals surface area contributed by atoms with Gasteiger partial charge in [0.2, 0.25) is 0 Å². The largest absolute Gasteiger partial charge is 0.491 e. The summed E-state index contributed by atoms with van der Waals surface area (Å²) >= 11 is 0. The van der Waals surface area contributed by atoms with Crippen molar-refractivity contribution in [2.45, 2.75) is 45.8 Å². The van der Waals surface area contributed by atoms with Crippen LogP contribution in [0.1, 0.15) is 37.5 Å². The molecule has 4 nitrogen and oxygen atoms in total. The number of aryl methyl sites for hydroxylation is 1. The topological polar surface area (TPSA) is 35.9 Å². The molecule has 1 saturated heterocycles. The monoisotopic (exact) mass is 396 g/mol. The SMILES string of the molecule is Cc1ccc(OCC(O)CN2CCN(Cc3ccccc3)CC2)c(C(C)(C)C)c1. The lowest BCUT2D eigenvalue weighted by molar-refractivity contribution is 0.0442. The van der Waals surface area contributed by atoms with Gasteiger partial charge in [-0.05, 0) is 29.5 Å². The summed E-state index contributed by atoms with van der Waals surface area (Å²) in [6.45, 7) is 14.7. The number of β-amino-alcohol motifs (C(OH)–C–C–N with tert-alkyl or cyclic N) is 1. The van der Waals surface area contributed by atoms with Gasteiger partial charge in [0, 0.05) is 39.3 Å². The van der Waals surface area contributed by atoms with Crippen molar-refractivity contribution < 1.29 is 9.84 Å². The molecule has 0 amide bonds. The quantitative estimate of drug-likeness (QED) is 0.771. The first-order chi connectivity index (χ1) is 13.8. The molecular formula is C25H36N2O2. The van der Waals surface area contributed by atoms with Gasteiger partial charge in [0.25, 0.3) is 0 Å². The summed E-state index contributed by atoms with van der Waals surface area (Å²) < 4.78 is 6.04. The Balaban J connectivity index is 1.45. The maximum absolute atomic E-state index is 10.5. The molecule has 2 aromatic carbocycles. The highest BCUT2D eigenvalue weighted by molar-refractivity contribution is 5.41. The Hall–Kier alpha value is -1.88. The molecule has 29 heavy (non-hydrogen) atoms. The second-order valence-corrected chi connectivity index (χ2v) is 9.28. The highest BCUT2D eigenvalue weighted by atomic mass is 16.5. The minimum absolute atomic E-state index is 0.0153. The normalized spacial score (nSPS) is 17.3. The molecule has 1 fully saturated rings. The van der Waals surface area contributed by atoms with Crippen molar-refractivity contribution in [2.75, 3.05) is 39.3 Å². The van der Waals surface area contributed by atoms with Gasteiger partial charge in [-0.3, -0.25) is 9.80 Å².